The molecule has 1 aromatic carbocycles. The zero-order valence-electron chi connectivity index (χ0n) is 21.4. The average molecular weight is 464 g/mol. The number of nitrogens with two attached hydrogens (primary N) is 1. The Labute approximate surface area is 200 Å². The van der Waals surface area contributed by atoms with Crippen LogP contribution in [0.5, 0.6) is 11.5 Å². The second kappa shape index (κ2) is 15.7. The lowest BCUT2D eigenvalue weighted by Crippen LogP contribution is -2.22. The van der Waals surface area contributed by atoms with Gasteiger partial charge in [-0.05, 0) is 32.1 Å². The van der Waals surface area contributed by atoms with Crippen molar-refractivity contribution in [3.8, 4) is 11.5 Å². The number of phenolic OH excluding ortho intramolecular Hbond substituents is 1. The molecule has 33 heavy (non-hydrogen) atoms. The lowest BCUT2D eigenvalue weighted by atomic mass is 9.88. The molecule has 1 unspecified atom stereocenters. The molecule has 1 aromatic rings. The molecule has 0 saturated carbocycles. The highest BCUT2D eigenvalue weighted by Gasteiger charge is 2.34. The molecule has 0 heterocycles. The molecule has 0 aliphatic rings. The van der Waals surface area contributed by atoms with Gasteiger partial charge in [0.2, 0.25) is 0 Å². The first-order valence-corrected chi connectivity index (χ1v) is 12.9. The number of ketones is 2. The Morgan fingerprint density at radius 1 is 0.879 bits per heavy atom. The molecule has 0 saturated heterocycles. The average Bonchev–Trinajstić information content (AvgIpc) is 2.79. The van der Waals surface area contributed by atoms with Gasteiger partial charge in [-0.25, -0.2) is 0 Å². The fourth-order valence-corrected chi connectivity index (χ4v) is 4.00. The van der Waals surface area contributed by atoms with Crippen molar-refractivity contribution in [1.82, 2.24) is 0 Å². The van der Waals surface area contributed by atoms with E-state index < -0.39 is 6.10 Å². The Hall–Kier alpha value is -2.08. The van der Waals surface area contributed by atoms with Crippen LogP contribution in [0.25, 0.3) is 0 Å². The largest absolute Gasteiger partial charge is 0.507 e. The number of anilines is 1. The van der Waals surface area contributed by atoms with Crippen molar-refractivity contribution < 1.29 is 24.2 Å². The molecule has 3 N–H and O–H groups in total. The third kappa shape index (κ3) is 8.02. The number of benzene rings is 1. The number of unbranched alkanes of at least 4 members (excludes halogenated alkanes) is 4. The minimum absolute atomic E-state index is 0.0958. The summed E-state index contributed by atoms with van der Waals surface area (Å²) in [5.74, 6) is -0.0794. The molecule has 1 atom stereocenters. The van der Waals surface area contributed by atoms with E-state index >= 15 is 0 Å². The quantitative estimate of drug-likeness (QED) is 0.109. The molecule has 0 aliphatic heterocycles. The predicted octanol–water partition coefficient (Wildman–Crippen LogP) is 6.71. The van der Waals surface area contributed by atoms with E-state index in [4.69, 9.17) is 15.2 Å². The number of Topliss-reactive ketones (excluding diaryl/α,β-unsaturated/α-hetero) is 2. The number of rotatable bonds is 18. The zero-order valence-corrected chi connectivity index (χ0v) is 21.4. The van der Waals surface area contributed by atoms with Crippen LogP contribution >= 0.6 is 0 Å². The maximum atomic E-state index is 13.2. The van der Waals surface area contributed by atoms with Crippen LogP contribution in [-0.2, 0) is 16.0 Å². The van der Waals surface area contributed by atoms with Crippen LogP contribution in [0.2, 0.25) is 0 Å². The van der Waals surface area contributed by atoms with Gasteiger partial charge in [0.05, 0.1) is 17.9 Å². The fourth-order valence-electron chi connectivity index (χ4n) is 4.00. The summed E-state index contributed by atoms with van der Waals surface area (Å²) < 4.78 is 12.0. The van der Waals surface area contributed by atoms with Crippen molar-refractivity contribution in [3.63, 3.8) is 0 Å². The number of carbonyl (C=O) groups excluding carboxylic acids is 2. The van der Waals surface area contributed by atoms with E-state index in [1.165, 1.54) is 0 Å². The number of nitrogen functional groups attached to an aromatic ring is 1. The summed E-state index contributed by atoms with van der Waals surface area (Å²) in [6.45, 7) is 10.8. The van der Waals surface area contributed by atoms with Crippen molar-refractivity contribution in [2.24, 2.45) is 0 Å². The molecule has 0 amide bonds. The van der Waals surface area contributed by atoms with E-state index in [1.54, 1.807) is 0 Å². The normalized spacial score (nSPS) is 12.0. The SMILES string of the molecule is CCCCCOc1c(N)c(C(=O)CCC)c(C(OCCCCC)C(=O)CCC)c(O)c1CC. The first-order chi connectivity index (χ1) is 15.9. The van der Waals surface area contributed by atoms with Gasteiger partial charge >= 0.3 is 0 Å². The summed E-state index contributed by atoms with van der Waals surface area (Å²) in [5, 5.41) is 11.4. The van der Waals surface area contributed by atoms with E-state index in [0.717, 1.165) is 38.5 Å². The number of carbonyl (C=O) groups is 2. The van der Waals surface area contributed by atoms with Gasteiger partial charge in [-0.15, -0.1) is 0 Å². The number of aromatic hydroxyl groups is 1. The number of ether oxygens (including phenoxy) is 2. The van der Waals surface area contributed by atoms with Crippen molar-refractivity contribution >= 4 is 17.3 Å². The van der Waals surface area contributed by atoms with Crippen LogP contribution < -0.4 is 10.5 Å². The highest BCUT2D eigenvalue weighted by atomic mass is 16.5. The number of phenols is 1. The minimum atomic E-state index is -1.01. The summed E-state index contributed by atoms with van der Waals surface area (Å²) in [4.78, 5) is 26.3. The topological polar surface area (TPSA) is 98.9 Å². The lowest BCUT2D eigenvalue weighted by Gasteiger charge is -2.26. The molecule has 6 heteroatoms. The summed E-state index contributed by atoms with van der Waals surface area (Å²) >= 11 is 0. The zero-order chi connectivity index (χ0) is 24.8. The second-order valence-electron chi connectivity index (χ2n) is 8.62. The summed E-state index contributed by atoms with van der Waals surface area (Å²) in [6.07, 6.45) is 7.04. The molecule has 1 rings (SSSR count). The van der Waals surface area contributed by atoms with Gasteiger partial charge in [-0.2, -0.15) is 0 Å². The minimum Gasteiger partial charge on any atom is -0.507 e. The van der Waals surface area contributed by atoms with Crippen LogP contribution in [-0.4, -0.2) is 29.9 Å². The summed E-state index contributed by atoms with van der Waals surface area (Å²) in [5.41, 5.74) is 7.68. The molecule has 0 aromatic heterocycles. The Morgan fingerprint density at radius 2 is 1.48 bits per heavy atom. The van der Waals surface area contributed by atoms with Crippen molar-refractivity contribution in [2.75, 3.05) is 18.9 Å². The van der Waals surface area contributed by atoms with E-state index in [-0.39, 0.29) is 40.6 Å². The van der Waals surface area contributed by atoms with Crippen LogP contribution in [0.1, 0.15) is 126 Å². The van der Waals surface area contributed by atoms with Gasteiger partial charge in [-0.3, -0.25) is 9.59 Å². The van der Waals surface area contributed by atoms with Crippen LogP contribution in [0, 0.1) is 0 Å². The fraction of sp³-hybridized carbons (Fsp3) is 0.704. The molecule has 0 radical (unpaired) electrons. The molecule has 188 valence electrons. The van der Waals surface area contributed by atoms with Crippen molar-refractivity contribution in [2.45, 2.75) is 111 Å². The first kappa shape index (κ1) is 29.0. The van der Waals surface area contributed by atoms with Crippen molar-refractivity contribution in [1.29, 1.82) is 0 Å². The van der Waals surface area contributed by atoms with Gasteiger partial charge in [0.1, 0.15) is 17.6 Å². The van der Waals surface area contributed by atoms with Gasteiger partial charge in [0.15, 0.2) is 11.6 Å². The molecular weight excluding hydrogens is 418 g/mol. The molecule has 0 spiro atoms. The Bertz CT molecular complexity index is 760. The number of hydrogen-bond donors (Lipinski definition) is 2. The highest BCUT2D eigenvalue weighted by Crippen LogP contribution is 2.45. The van der Waals surface area contributed by atoms with E-state index in [0.29, 0.717) is 50.2 Å². The lowest BCUT2D eigenvalue weighted by molar-refractivity contribution is -0.131. The Kier molecular flexibility index (Phi) is 13.8. The van der Waals surface area contributed by atoms with Crippen LogP contribution in [0.3, 0.4) is 0 Å². The monoisotopic (exact) mass is 463 g/mol. The van der Waals surface area contributed by atoms with Crippen LogP contribution in [0.15, 0.2) is 0 Å². The smallest absolute Gasteiger partial charge is 0.166 e. The predicted molar refractivity (Wildman–Crippen MR) is 134 cm³/mol. The second-order valence-corrected chi connectivity index (χ2v) is 8.62. The first-order valence-electron chi connectivity index (χ1n) is 12.9. The Morgan fingerprint density at radius 3 is 2.03 bits per heavy atom. The van der Waals surface area contributed by atoms with Gasteiger partial charge in [0, 0.05) is 30.6 Å². The van der Waals surface area contributed by atoms with Gasteiger partial charge in [0.25, 0.3) is 0 Å². The van der Waals surface area contributed by atoms with E-state index in [1.807, 2.05) is 20.8 Å². The Balaban J connectivity index is 3.64. The molecule has 0 fully saturated rings. The molecule has 0 bridgehead atoms. The summed E-state index contributed by atoms with van der Waals surface area (Å²) in [6, 6.07) is 0. The third-order valence-corrected chi connectivity index (χ3v) is 5.79. The van der Waals surface area contributed by atoms with Crippen molar-refractivity contribution in [3.05, 3.63) is 16.7 Å². The third-order valence-electron chi connectivity index (χ3n) is 5.79. The standard InChI is InChI=1S/C27H45NO5/c1-6-11-13-17-32-26-19(10-5)25(31)23(22(24(26)28)20(29)15-8-3)27(21(30)16-9-4)33-18-14-12-7-2/h27,31H,6-18,28H2,1-5H3. The van der Waals surface area contributed by atoms with Gasteiger partial charge < -0.3 is 20.3 Å². The summed E-state index contributed by atoms with van der Waals surface area (Å²) in [7, 11) is 0. The maximum absolute atomic E-state index is 13.2. The maximum Gasteiger partial charge on any atom is 0.166 e. The highest BCUT2D eigenvalue weighted by molar-refractivity contribution is 6.06. The molecular formula is C27H45NO5. The van der Waals surface area contributed by atoms with Gasteiger partial charge in [-0.1, -0.05) is 60.3 Å². The van der Waals surface area contributed by atoms with Crippen LogP contribution in [0.4, 0.5) is 5.69 Å². The van der Waals surface area contributed by atoms with E-state index in [2.05, 4.69) is 13.8 Å². The number of hydrogen-bond acceptors (Lipinski definition) is 6. The van der Waals surface area contributed by atoms with E-state index in [9.17, 15) is 14.7 Å². The molecule has 0 aliphatic carbocycles. The molecule has 6 nitrogen and oxygen atoms in total.